The Morgan fingerprint density at radius 3 is 2.52 bits per heavy atom. The highest BCUT2D eigenvalue weighted by Gasteiger charge is 2.08. The number of pyridine rings is 1. The summed E-state index contributed by atoms with van der Waals surface area (Å²) in [6, 6.07) is 11.2. The van der Waals surface area contributed by atoms with Crippen LogP contribution in [-0.2, 0) is 17.8 Å². The molecule has 2 N–H and O–H groups in total. The summed E-state index contributed by atoms with van der Waals surface area (Å²) in [7, 11) is 1.29. The van der Waals surface area contributed by atoms with Gasteiger partial charge in [-0.25, -0.2) is 4.79 Å². The van der Waals surface area contributed by atoms with Gasteiger partial charge in [0.25, 0.3) is 5.91 Å². The second-order valence-corrected chi connectivity index (χ2v) is 5.05. The minimum absolute atomic E-state index is 0.188. The van der Waals surface area contributed by atoms with Crippen LogP contribution >= 0.6 is 0 Å². The first kappa shape index (κ1) is 16.5. The molecule has 0 unspecified atom stereocenters. The Labute approximate surface area is 134 Å². The third-order valence-electron chi connectivity index (χ3n) is 3.25. The molecule has 0 aliphatic heterocycles. The van der Waals surface area contributed by atoms with Crippen molar-refractivity contribution >= 4 is 12.0 Å². The van der Waals surface area contributed by atoms with Crippen molar-refractivity contribution < 1.29 is 14.3 Å². The van der Waals surface area contributed by atoms with Gasteiger partial charge in [0.1, 0.15) is 0 Å². The van der Waals surface area contributed by atoms with Crippen molar-refractivity contribution in [3.05, 3.63) is 65.0 Å². The molecule has 6 nitrogen and oxygen atoms in total. The van der Waals surface area contributed by atoms with E-state index in [-0.39, 0.29) is 12.5 Å². The van der Waals surface area contributed by atoms with Crippen LogP contribution < -0.4 is 10.6 Å². The van der Waals surface area contributed by atoms with Gasteiger partial charge < -0.3 is 15.4 Å². The second-order valence-electron chi connectivity index (χ2n) is 5.05. The quantitative estimate of drug-likeness (QED) is 0.886. The number of aromatic nitrogens is 1. The molecule has 0 fully saturated rings. The van der Waals surface area contributed by atoms with E-state index in [1.165, 1.54) is 18.9 Å². The van der Waals surface area contributed by atoms with Crippen LogP contribution in [0.5, 0.6) is 0 Å². The first-order valence-corrected chi connectivity index (χ1v) is 7.19. The number of amides is 2. The predicted molar refractivity (Wildman–Crippen MR) is 85.8 cm³/mol. The second kappa shape index (κ2) is 7.93. The lowest BCUT2D eigenvalue weighted by Crippen LogP contribution is -2.25. The van der Waals surface area contributed by atoms with Gasteiger partial charge >= 0.3 is 6.09 Å². The van der Waals surface area contributed by atoms with Crippen LogP contribution in [0.15, 0.2) is 42.6 Å². The van der Waals surface area contributed by atoms with Crippen LogP contribution in [0, 0.1) is 6.92 Å². The molecule has 23 heavy (non-hydrogen) atoms. The maximum absolute atomic E-state index is 12.2. The van der Waals surface area contributed by atoms with Gasteiger partial charge in [0.15, 0.2) is 0 Å². The molecule has 0 bridgehead atoms. The van der Waals surface area contributed by atoms with Crippen LogP contribution in [-0.4, -0.2) is 24.1 Å². The summed E-state index contributed by atoms with van der Waals surface area (Å²) in [5.41, 5.74) is 3.29. The molecule has 0 aliphatic carbocycles. The van der Waals surface area contributed by atoms with E-state index in [2.05, 4.69) is 20.4 Å². The van der Waals surface area contributed by atoms with E-state index < -0.39 is 6.09 Å². The SMILES string of the molecule is COC(=O)NCc1cc(C(=O)NCc2ccc(C)cc2)ccn1. The predicted octanol–water partition coefficient (Wildman–Crippen LogP) is 2.18. The fourth-order valence-electron chi connectivity index (χ4n) is 1.94. The molecule has 1 aromatic carbocycles. The molecule has 0 aliphatic rings. The van der Waals surface area contributed by atoms with Crippen LogP contribution in [0.4, 0.5) is 4.79 Å². The zero-order chi connectivity index (χ0) is 16.7. The van der Waals surface area contributed by atoms with Crippen molar-refractivity contribution in [2.75, 3.05) is 7.11 Å². The van der Waals surface area contributed by atoms with E-state index in [0.717, 1.165) is 5.56 Å². The van der Waals surface area contributed by atoms with Gasteiger partial charge in [-0.05, 0) is 24.6 Å². The molecule has 2 aromatic rings. The van der Waals surface area contributed by atoms with Crippen molar-refractivity contribution in [3.63, 3.8) is 0 Å². The van der Waals surface area contributed by atoms with Gasteiger partial charge in [0.2, 0.25) is 0 Å². The first-order valence-electron chi connectivity index (χ1n) is 7.19. The van der Waals surface area contributed by atoms with Crippen molar-refractivity contribution in [1.82, 2.24) is 15.6 Å². The van der Waals surface area contributed by atoms with Crippen LogP contribution in [0.1, 0.15) is 27.2 Å². The lowest BCUT2D eigenvalue weighted by Gasteiger charge is -2.07. The highest BCUT2D eigenvalue weighted by atomic mass is 16.5. The summed E-state index contributed by atoms with van der Waals surface area (Å²) >= 11 is 0. The Kier molecular flexibility index (Phi) is 5.68. The summed E-state index contributed by atoms with van der Waals surface area (Å²) in [5.74, 6) is -0.188. The molecule has 2 amide bonds. The molecule has 0 saturated heterocycles. The summed E-state index contributed by atoms with van der Waals surface area (Å²) in [4.78, 5) is 27.3. The molecule has 120 valence electrons. The van der Waals surface area contributed by atoms with Gasteiger partial charge in [-0.3, -0.25) is 9.78 Å². The number of hydrogen-bond acceptors (Lipinski definition) is 4. The number of benzene rings is 1. The van der Waals surface area contributed by atoms with Crippen LogP contribution in [0.3, 0.4) is 0 Å². The smallest absolute Gasteiger partial charge is 0.407 e. The summed E-state index contributed by atoms with van der Waals surface area (Å²) in [6.07, 6.45) is 0.996. The first-order chi connectivity index (χ1) is 11.1. The number of aryl methyl sites for hydroxylation is 1. The van der Waals surface area contributed by atoms with Gasteiger partial charge in [0.05, 0.1) is 19.3 Å². The van der Waals surface area contributed by atoms with E-state index in [9.17, 15) is 9.59 Å². The Hall–Kier alpha value is -2.89. The summed E-state index contributed by atoms with van der Waals surface area (Å²) < 4.78 is 4.49. The van der Waals surface area contributed by atoms with Gasteiger partial charge in [-0.2, -0.15) is 0 Å². The Morgan fingerprint density at radius 1 is 1.09 bits per heavy atom. The van der Waals surface area contributed by atoms with Gasteiger partial charge in [0, 0.05) is 18.3 Å². The summed E-state index contributed by atoms with van der Waals surface area (Å²) in [5, 5.41) is 5.38. The number of carbonyl (C=O) groups is 2. The van der Waals surface area contributed by atoms with Crippen molar-refractivity contribution in [3.8, 4) is 0 Å². The number of methoxy groups -OCH3 is 1. The molecule has 0 radical (unpaired) electrons. The molecule has 2 rings (SSSR count). The highest BCUT2D eigenvalue weighted by Crippen LogP contribution is 2.05. The number of nitrogens with one attached hydrogen (secondary N) is 2. The number of nitrogens with zero attached hydrogens (tertiary/aromatic N) is 1. The lowest BCUT2D eigenvalue weighted by molar-refractivity contribution is 0.0950. The number of ether oxygens (including phenoxy) is 1. The average Bonchev–Trinajstić information content (AvgIpc) is 2.59. The Bertz CT molecular complexity index is 684. The molecule has 0 atom stereocenters. The third kappa shape index (κ3) is 5.10. The monoisotopic (exact) mass is 313 g/mol. The van der Waals surface area contributed by atoms with Gasteiger partial charge in [-0.1, -0.05) is 29.8 Å². The minimum atomic E-state index is -0.541. The van der Waals surface area contributed by atoms with Crippen LogP contribution in [0.2, 0.25) is 0 Å². The number of alkyl carbamates (subject to hydrolysis) is 1. The fraction of sp³-hybridized carbons (Fsp3) is 0.235. The molecule has 6 heteroatoms. The minimum Gasteiger partial charge on any atom is -0.453 e. The zero-order valence-corrected chi connectivity index (χ0v) is 13.1. The maximum Gasteiger partial charge on any atom is 0.407 e. The third-order valence-corrected chi connectivity index (χ3v) is 3.25. The number of hydrogen-bond donors (Lipinski definition) is 2. The molecule has 1 heterocycles. The molecular formula is C17H19N3O3. The maximum atomic E-state index is 12.2. The average molecular weight is 313 g/mol. The Balaban J connectivity index is 1.93. The Morgan fingerprint density at radius 2 is 1.83 bits per heavy atom. The topological polar surface area (TPSA) is 80.3 Å². The summed E-state index contributed by atoms with van der Waals surface area (Å²) in [6.45, 7) is 2.67. The van der Waals surface area contributed by atoms with Crippen molar-refractivity contribution in [1.29, 1.82) is 0 Å². The fourth-order valence-corrected chi connectivity index (χ4v) is 1.94. The van der Waals surface area contributed by atoms with Crippen molar-refractivity contribution in [2.45, 2.75) is 20.0 Å². The van der Waals surface area contributed by atoms with Crippen molar-refractivity contribution in [2.24, 2.45) is 0 Å². The zero-order valence-electron chi connectivity index (χ0n) is 13.1. The highest BCUT2D eigenvalue weighted by molar-refractivity contribution is 5.94. The normalized spacial score (nSPS) is 10.0. The lowest BCUT2D eigenvalue weighted by atomic mass is 10.1. The van der Waals surface area contributed by atoms with Gasteiger partial charge in [-0.15, -0.1) is 0 Å². The standard InChI is InChI=1S/C17H19N3O3/c1-12-3-5-13(6-4-12)10-19-16(21)14-7-8-18-15(9-14)11-20-17(22)23-2/h3-9H,10-11H2,1-2H3,(H,19,21)(H,20,22). The molecule has 0 spiro atoms. The van der Waals surface area contributed by atoms with Crippen LogP contribution in [0.25, 0.3) is 0 Å². The van der Waals surface area contributed by atoms with E-state index in [1.54, 1.807) is 12.1 Å². The van der Waals surface area contributed by atoms with E-state index in [0.29, 0.717) is 17.8 Å². The van der Waals surface area contributed by atoms with E-state index in [4.69, 9.17) is 0 Å². The number of carbonyl (C=O) groups excluding carboxylic acids is 2. The molecule has 0 saturated carbocycles. The van der Waals surface area contributed by atoms with E-state index >= 15 is 0 Å². The largest absolute Gasteiger partial charge is 0.453 e. The molecule has 1 aromatic heterocycles. The number of rotatable bonds is 5. The molecular weight excluding hydrogens is 294 g/mol. The van der Waals surface area contributed by atoms with E-state index in [1.807, 2.05) is 31.2 Å².